The second kappa shape index (κ2) is 7.03. The van der Waals surface area contributed by atoms with Crippen LogP contribution in [0, 0.1) is 18.6 Å². The van der Waals surface area contributed by atoms with E-state index in [2.05, 4.69) is 10.0 Å². The summed E-state index contributed by atoms with van der Waals surface area (Å²) in [6.45, 7) is 7.03. The van der Waals surface area contributed by atoms with E-state index in [0.717, 1.165) is 12.1 Å². The van der Waals surface area contributed by atoms with Gasteiger partial charge in [0.15, 0.2) is 0 Å². The lowest BCUT2D eigenvalue weighted by atomic mass is 10.1. The van der Waals surface area contributed by atoms with Crippen molar-refractivity contribution in [3.8, 4) is 0 Å². The van der Waals surface area contributed by atoms with Crippen LogP contribution in [0.3, 0.4) is 0 Å². The van der Waals surface area contributed by atoms with E-state index in [4.69, 9.17) is 0 Å². The number of sulfonamides is 1. The molecule has 0 aromatic heterocycles. The van der Waals surface area contributed by atoms with Gasteiger partial charge in [0, 0.05) is 17.2 Å². The van der Waals surface area contributed by atoms with Crippen LogP contribution >= 0.6 is 0 Å². The maximum atomic E-state index is 13.2. The minimum absolute atomic E-state index is 0.0884. The molecule has 0 spiro atoms. The number of hydrogen-bond donors (Lipinski definition) is 2. The Morgan fingerprint density at radius 2 is 1.58 bits per heavy atom. The molecule has 0 radical (unpaired) electrons. The third kappa shape index (κ3) is 5.01. The Hall–Kier alpha value is -2.48. The molecule has 0 saturated carbocycles. The van der Waals surface area contributed by atoms with E-state index in [-0.39, 0.29) is 16.5 Å². The van der Waals surface area contributed by atoms with E-state index in [0.29, 0.717) is 17.2 Å². The molecule has 0 fully saturated rings. The molecule has 0 heterocycles. The highest BCUT2D eigenvalue weighted by Gasteiger charge is 2.21. The Morgan fingerprint density at radius 3 is 2.08 bits per heavy atom. The molecule has 0 saturated heterocycles. The number of hydrogen-bond acceptors (Lipinski definition) is 3. The summed E-state index contributed by atoms with van der Waals surface area (Å²) in [5.41, 5.74) is -0.0146. The number of rotatable bonds is 4. The second-order valence-electron chi connectivity index (χ2n) is 6.95. The van der Waals surface area contributed by atoms with Crippen LogP contribution in [0.2, 0.25) is 0 Å². The van der Waals surface area contributed by atoms with Crippen LogP contribution in [0.25, 0.3) is 0 Å². The number of aryl methyl sites for hydroxylation is 1. The zero-order valence-corrected chi connectivity index (χ0v) is 15.7. The third-order valence-corrected chi connectivity index (χ3v) is 4.87. The van der Waals surface area contributed by atoms with Gasteiger partial charge in [-0.2, -0.15) is 0 Å². The molecule has 26 heavy (non-hydrogen) atoms. The molecule has 2 N–H and O–H groups in total. The predicted octanol–water partition coefficient (Wildman–Crippen LogP) is 3.60. The molecule has 8 heteroatoms. The van der Waals surface area contributed by atoms with Gasteiger partial charge in [0.1, 0.15) is 11.6 Å². The van der Waals surface area contributed by atoms with E-state index in [1.165, 1.54) is 25.1 Å². The molecule has 140 valence electrons. The van der Waals surface area contributed by atoms with Crippen molar-refractivity contribution in [3.63, 3.8) is 0 Å². The van der Waals surface area contributed by atoms with Crippen LogP contribution in [0.5, 0.6) is 0 Å². The van der Waals surface area contributed by atoms with Crippen molar-refractivity contribution in [2.45, 2.75) is 38.1 Å². The maximum Gasteiger partial charge on any atom is 0.262 e. The van der Waals surface area contributed by atoms with Gasteiger partial charge in [0.2, 0.25) is 0 Å². The first kappa shape index (κ1) is 19.8. The van der Waals surface area contributed by atoms with Crippen LogP contribution in [-0.2, 0) is 10.0 Å². The zero-order chi connectivity index (χ0) is 19.7. The predicted molar refractivity (Wildman–Crippen MR) is 95.6 cm³/mol. The number of amides is 1. The summed E-state index contributed by atoms with van der Waals surface area (Å²) in [4.78, 5) is 12.1. The summed E-state index contributed by atoms with van der Waals surface area (Å²) in [5.74, 6) is -2.12. The van der Waals surface area contributed by atoms with Gasteiger partial charge in [-0.1, -0.05) is 0 Å². The normalized spacial score (nSPS) is 11.9. The molecule has 5 nitrogen and oxygen atoms in total. The number of carbonyl (C=O) groups excluding carboxylic acids is 1. The smallest absolute Gasteiger partial charge is 0.262 e. The Labute approximate surface area is 151 Å². The molecule has 1 amide bonds. The summed E-state index contributed by atoms with van der Waals surface area (Å²) in [6, 6.07) is 6.51. The standard InChI is InChI=1S/C18H20F2N2O3S/c1-11-7-12(17(23)21-18(2,3)4)5-6-16(11)26(24,25)22-15-9-13(19)8-14(20)10-15/h5-10,22H,1-4H3,(H,21,23). The number of nitrogens with one attached hydrogen (secondary N) is 2. The molecule has 0 aliphatic rings. The quantitative estimate of drug-likeness (QED) is 0.848. The van der Waals surface area contributed by atoms with E-state index in [1.807, 2.05) is 20.8 Å². The minimum Gasteiger partial charge on any atom is -0.347 e. The first-order chi connectivity index (χ1) is 11.9. The highest BCUT2D eigenvalue weighted by atomic mass is 32.2. The van der Waals surface area contributed by atoms with Crippen molar-refractivity contribution in [2.75, 3.05) is 4.72 Å². The maximum absolute atomic E-state index is 13.2. The van der Waals surface area contributed by atoms with Gasteiger partial charge in [-0.3, -0.25) is 9.52 Å². The van der Waals surface area contributed by atoms with E-state index < -0.39 is 27.2 Å². The van der Waals surface area contributed by atoms with Gasteiger partial charge in [-0.05, 0) is 63.6 Å². The Morgan fingerprint density at radius 1 is 1.00 bits per heavy atom. The number of benzene rings is 2. The molecular weight excluding hydrogens is 362 g/mol. The topological polar surface area (TPSA) is 75.3 Å². The monoisotopic (exact) mass is 382 g/mol. The van der Waals surface area contributed by atoms with Crippen molar-refractivity contribution < 1.29 is 22.0 Å². The first-order valence-corrected chi connectivity index (χ1v) is 9.28. The molecule has 0 aliphatic heterocycles. The van der Waals surface area contributed by atoms with Crippen LogP contribution in [0.1, 0.15) is 36.7 Å². The summed E-state index contributed by atoms with van der Waals surface area (Å²) in [7, 11) is -4.07. The molecule has 2 aromatic carbocycles. The third-order valence-electron chi connectivity index (χ3n) is 3.33. The van der Waals surface area contributed by atoms with Crippen LogP contribution in [0.15, 0.2) is 41.3 Å². The number of halogens is 2. The Bertz CT molecular complexity index is 931. The molecule has 0 atom stereocenters. The lowest BCUT2D eigenvalue weighted by Crippen LogP contribution is -2.40. The lowest BCUT2D eigenvalue weighted by molar-refractivity contribution is 0.0919. The van der Waals surface area contributed by atoms with E-state index >= 15 is 0 Å². The minimum atomic E-state index is -4.07. The summed E-state index contributed by atoms with van der Waals surface area (Å²) < 4.78 is 53.6. The average Bonchev–Trinajstić information content (AvgIpc) is 2.43. The van der Waals surface area contributed by atoms with Crippen LogP contribution in [-0.4, -0.2) is 19.9 Å². The van der Waals surface area contributed by atoms with E-state index in [1.54, 1.807) is 0 Å². The second-order valence-corrected chi connectivity index (χ2v) is 8.60. The van der Waals surface area contributed by atoms with Crippen molar-refractivity contribution >= 4 is 21.6 Å². The molecule has 0 aliphatic carbocycles. The highest BCUT2D eigenvalue weighted by molar-refractivity contribution is 7.92. The molecule has 0 unspecified atom stereocenters. The van der Waals surface area contributed by atoms with Gasteiger partial charge < -0.3 is 5.32 Å². The SMILES string of the molecule is Cc1cc(C(=O)NC(C)(C)C)ccc1S(=O)(=O)Nc1cc(F)cc(F)c1. The van der Waals surface area contributed by atoms with Gasteiger partial charge in [0.25, 0.3) is 15.9 Å². The number of anilines is 1. The van der Waals surface area contributed by atoms with Crippen LogP contribution < -0.4 is 10.0 Å². The summed E-state index contributed by atoms with van der Waals surface area (Å²) >= 11 is 0. The molecule has 2 rings (SSSR count). The van der Waals surface area contributed by atoms with Crippen molar-refractivity contribution in [1.29, 1.82) is 0 Å². The number of carbonyl (C=O) groups is 1. The Kier molecular flexibility index (Phi) is 5.36. The fourth-order valence-corrected chi connectivity index (χ4v) is 3.60. The average molecular weight is 382 g/mol. The largest absolute Gasteiger partial charge is 0.347 e. The van der Waals surface area contributed by atoms with E-state index in [9.17, 15) is 22.0 Å². The molecule has 2 aromatic rings. The zero-order valence-electron chi connectivity index (χ0n) is 14.9. The van der Waals surface area contributed by atoms with Gasteiger partial charge in [0.05, 0.1) is 10.6 Å². The van der Waals surface area contributed by atoms with Gasteiger partial charge in [-0.15, -0.1) is 0 Å². The van der Waals surface area contributed by atoms with Crippen LogP contribution in [0.4, 0.5) is 14.5 Å². The lowest BCUT2D eigenvalue weighted by Gasteiger charge is -2.21. The molecule has 0 bridgehead atoms. The molecular formula is C18H20F2N2O3S. The van der Waals surface area contributed by atoms with Crippen molar-refractivity contribution in [2.24, 2.45) is 0 Å². The summed E-state index contributed by atoms with van der Waals surface area (Å²) in [5, 5.41) is 2.79. The Balaban J connectivity index is 2.31. The summed E-state index contributed by atoms with van der Waals surface area (Å²) in [6.07, 6.45) is 0. The van der Waals surface area contributed by atoms with Gasteiger partial charge in [-0.25, -0.2) is 17.2 Å². The van der Waals surface area contributed by atoms with Crippen molar-refractivity contribution in [1.82, 2.24) is 5.32 Å². The fraction of sp³-hybridized carbons (Fsp3) is 0.278. The highest BCUT2D eigenvalue weighted by Crippen LogP contribution is 2.22. The first-order valence-electron chi connectivity index (χ1n) is 7.79. The fourth-order valence-electron chi connectivity index (χ4n) is 2.33. The van der Waals surface area contributed by atoms with Crippen molar-refractivity contribution in [3.05, 3.63) is 59.2 Å². The van der Waals surface area contributed by atoms with Gasteiger partial charge >= 0.3 is 0 Å².